The molecule has 1 aliphatic rings. The fourth-order valence-corrected chi connectivity index (χ4v) is 2.30. The van der Waals surface area contributed by atoms with Gasteiger partial charge in [-0.25, -0.2) is 9.37 Å². The number of halogens is 1. The average Bonchev–Trinajstić information content (AvgIpc) is 3.15. The van der Waals surface area contributed by atoms with E-state index in [4.69, 9.17) is 5.73 Å². The molecule has 1 aromatic carbocycles. The molecule has 1 aromatic heterocycles. The number of hydrogen-bond donors (Lipinski definition) is 1. The lowest BCUT2D eigenvalue weighted by Crippen LogP contribution is -2.04. The van der Waals surface area contributed by atoms with Crippen LogP contribution in [-0.4, -0.2) is 9.55 Å². The number of imidazole rings is 1. The molecule has 18 heavy (non-hydrogen) atoms. The van der Waals surface area contributed by atoms with Crippen LogP contribution in [0.2, 0.25) is 0 Å². The van der Waals surface area contributed by atoms with Gasteiger partial charge in [0.1, 0.15) is 23.2 Å². The molecular formula is C14H16FN3. The van der Waals surface area contributed by atoms with Crippen LogP contribution in [0.25, 0.3) is 11.3 Å². The van der Waals surface area contributed by atoms with Crippen molar-refractivity contribution < 1.29 is 4.39 Å². The minimum Gasteiger partial charge on any atom is -0.383 e. The van der Waals surface area contributed by atoms with Gasteiger partial charge in [0.15, 0.2) is 0 Å². The molecule has 0 bridgehead atoms. The highest BCUT2D eigenvalue weighted by Gasteiger charge is 2.29. The third-order valence-corrected chi connectivity index (χ3v) is 3.37. The second-order valence-corrected chi connectivity index (χ2v) is 4.72. The molecule has 4 heteroatoms. The number of benzene rings is 1. The summed E-state index contributed by atoms with van der Waals surface area (Å²) in [6.07, 6.45) is 3.22. The van der Waals surface area contributed by atoms with E-state index in [1.807, 2.05) is 0 Å². The highest BCUT2D eigenvalue weighted by molar-refractivity contribution is 5.71. The van der Waals surface area contributed by atoms with Crippen LogP contribution in [0.1, 0.15) is 31.6 Å². The lowest BCUT2D eigenvalue weighted by Gasteiger charge is -2.06. The molecule has 3 rings (SSSR count). The van der Waals surface area contributed by atoms with Gasteiger partial charge in [0.05, 0.1) is 0 Å². The Bertz CT molecular complexity index is 567. The maximum Gasteiger partial charge on any atom is 0.131 e. The summed E-state index contributed by atoms with van der Waals surface area (Å²) in [6, 6.07) is 6.85. The van der Waals surface area contributed by atoms with Gasteiger partial charge in [-0.3, -0.25) is 0 Å². The first-order chi connectivity index (χ1) is 8.70. The Kier molecular flexibility index (Phi) is 2.58. The van der Waals surface area contributed by atoms with Gasteiger partial charge in [0.25, 0.3) is 0 Å². The van der Waals surface area contributed by atoms with E-state index in [-0.39, 0.29) is 5.82 Å². The zero-order valence-corrected chi connectivity index (χ0v) is 10.4. The minimum absolute atomic E-state index is 0.241. The maximum absolute atomic E-state index is 12.9. The van der Waals surface area contributed by atoms with Crippen LogP contribution in [0, 0.1) is 5.82 Å². The Morgan fingerprint density at radius 2 is 2.00 bits per heavy atom. The minimum atomic E-state index is -0.241. The Morgan fingerprint density at radius 1 is 1.33 bits per heavy atom. The molecule has 0 radical (unpaired) electrons. The number of anilines is 1. The highest BCUT2D eigenvalue weighted by atomic mass is 19.1. The predicted octanol–water partition coefficient (Wildman–Crippen LogP) is 3.17. The molecule has 0 aliphatic heterocycles. The first-order valence-electron chi connectivity index (χ1n) is 6.33. The number of nitrogen functional groups attached to an aromatic ring is 1. The van der Waals surface area contributed by atoms with Gasteiger partial charge in [0, 0.05) is 18.0 Å². The summed E-state index contributed by atoms with van der Waals surface area (Å²) < 4.78 is 15.1. The van der Waals surface area contributed by atoms with Gasteiger partial charge in [-0.15, -0.1) is 0 Å². The van der Waals surface area contributed by atoms with Crippen molar-refractivity contribution in [2.45, 2.75) is 32.2 Å². The van der Waals surface area contributed by atoms with Crippen LogP contribution in [0.3, 0.4) is 0 Å². The molecule has 0 spiro atoms. The average molecular weight is 245 g/mol. The molecule has 0 unspecified atom stereocenters. The van der Waals surface area contributed by atoms with Gasteiger partial charge in [0.2, 0.25) is 0 Å². The Labute approximate surface area is 105 Å². The topological polar surface area (TPSA) is 43.8 Å². The van der Waals surface area contributed by atoms with Gasteiger partial charge >= 0.3 is 0 Å². The second-order valence-electron chi connectivity index (χ2n) is 4.72. The highest BCUT2D eigenvalue weighted by Crippen LogP contribution is 2.40. The van der Waals surface area contributed by atoms with Crippen molar-refractivity contribution in [3.63, 3.8) is 0 Å². The van der Waals surface area contributed by atoms with Crippen molar-refractivity contribution in [1.82, 2.24) is 9.55 Å². The van der Waals surface area contributed by atoms with Crippen molar-refractivity contribution in [1.29, 1.82) is 0 Å². The molecule has 0 saturated heterocycles. The number of aryl methyl sites for hydroxylation is 1. The Balaban J connectivity index is 2.09. The zero-order valence-electron chi connectivity index (χ0n) is 10.4. The van der Waals surface area contributed by atoms with Gasteiger partial charge in [-0.1, -0.05) is 6.92 Å². The van der Waals surface area contributed by atoms with Gasteiger partial charge in [-0.2, -0.15) is 0 Å². The molecule has 1 fully saturated rings. The van der Waals surface area contributed by atoms with Crippen LogP contribution >= 0.6 is 0 Å². The third-order valence-electron chi connectivity index (χ3n) is 3.37. The van der Waals surface area contributed by atoms with Crippen LogP contribution in [0.4, 0.5) is 10.2 Å². The van der Waals surface area contributed by atoms with E-state index < -0.39 is 0 Å². The summed E-state index contributed by atoms with van der Waals surface area (Å²) in [6.45, 7) is 2.08. The number of hydrogen-bond acceptors (Lipinski definition) is 2. The van der Waals surface area contributed by atoms with Gasteiger partial charge in [-0.05, 0) is 37.1 Å². The van der Waals surface area contributed by atoms with E-state index in [2.05, 4.69) is 16.5 Å². The Morgan fingerprint density at radius 3 is 2.56 bits per heavy atom. The van der Waals surface area contributed by atoms with Crippen molar-refractivity contribution >= 4 is 5.82 Å². The van der Waals surface area contributed by atoms with Gasteiger partial charge < -0.3 is 10.3 Å². The second kappa shape index (κ2) is 4.12. The standard InChI is InChI=1S/C14H16FN3/c1-2-12-17-13(9-3-5-10(15)6-4-9)14(16)18(12)11-7-8-11/h3-6,11H,2,7-8,16H2,1H3. The molecule has 1 heterocycles. The van der Waals surface area contributed by atoms with E-state index in [0.717, 1.165) is 23.5 Å². The van der Waals surface area contributed by atoms with Crippen molar-refractivity contribution in [3.05, 3.63) is 35.9 Å². The molecule has 1 saturated carbocycles. The van der Waals surface area contributed by atoms with Crippen LogP contribution < -0.4 is 5.73 Å². The van der Waals surface area contributed by atoms with E-state index in [9.17, 15) is 4.39 Å². The van der Waals surface area contributed by atoms with Crippen LogP contribution in [-0.2, 0) is 6.42 Å². The predicted molar refractivity (Wildman–Crippen MR) is 69.7 cm³/mol. The SMILES string of the molecule is CCc1nc(-c2ccc(F)cc2)c(N)n1C1CC1. The normalized spacial score (nSPS) is 15.0. The molecule has 3 nitrogen and oxygen atoms in total. The molecule has 0 amide bonds. The molecule has 0 atom stereocenters. The quantitative estimate of drug-likeness (QED) is 0.902. The third kappa shape index (κ3) is 1.78. The number of aromatic nitrogens is 2. The molecular weight excluding hydrogens is 229 g/mol. The zero-order chi connectivity index (χ0) is 12.7. The van der Waals surface area contributed by atoms with E-state index >= 15 is 0 Å². The molecule has 94 valence electrons. The summed E-state index contributed by atoms with van der Waals surface area (Å²) in [7, 11) is 0. The molecule has 2 aromatic rings. The summed E-state index contributed by atoms with van der Waals surface area (Å²) >= 11 is 0. The van der Waals surface area contributed by atoms with Crippen LogP contribution in [0.15, 0.2) is 24.3 Å². The van der Waals surface area contributed by atoms with Crippen LogP contribution in [0.5, 0.6) is 0 Å². The fraction of sp³-hybridized carbons (Fsp3) is 0.357. The van der Waals surface area contributed by atoms with Crippen molar-refractivity contribution in [2.75, 3.05) is 5.73 Å². The molecule has 2 N–H and O–H groups in total. The van der Waals surface area contributed by atoms with Crippen molar-refractivity contribution in [2.24, 2.45) is 0 Å². The number of nitrogens with two attached hydrogens (primary N) is 1. The first kappa shape index (κ1) is 11.3. The number of nitrogens with zero attached hydrogens (tertiary/aromatic N) is 2. The molecule has 1 aliphatic carbocycles. The van der Waals surface area contributed by atoms with Crippen molar-refractivity contribution in [3.8, 4) is 11.3 Å². The summed E-state index contributed by atoms with van der Waals surface area (Å²) in [4.78, 5) is 4.60. The largest absolute Gasteiger partial charge is 0.383 e. The number of rotatable bonds is 3. The lowest BCUT2D eigenvalue weighted by atomic mass is 10.1. The monoisotopic (exact) mass is 245 g/mol. The summed E-state index contributed by atoms with van der Waals surface area (Å²) in [5.74, 6) is 1.49. The first-order valence-corrected chi connectivity index (χ1v) is 6.33. The Hall–Kier alpha value is -1.84. The maximum atomic E-state index is 12.9. The summed E-state index contributed by atoms with van der Waals surface area (Å²) in [5, 5.41) is 0. The lowest BCUT2D eigenvalue weighted by molar-refractivity contribution is 0.628. The van der Waals surface area contributed by atoms with E-state index in [0.29, 0.717) is 11.9 Å². The fourth-order valence-electron chi connectivity index (χ4n) is 2.30. The smallest absolute Gasteiger partial charge is 0.131 e. The van der Waals surface area contributed by atoms with E-state index in [1.165, 1.54) is 25.0 Å². The van der Waals surface area contributed by atoms with E-state index in [1.54, 1.807) is 12.1 Å². The summed E-state index contributed by atoms with van der Waals surface area (Å²) in [5.41, 5.74) is 7.85.